The molecule has 0 radical (unpaired) electrons. The van der Waals surface area contributed by atoms with Gasteiger partial charge in [-0.2, -0.15) is 0 Å². The summed E-state index contributed by atoms with van der Waals surface area (Å²) in [7, 11) is 0. The summed E-state index contributed by atoms with van der Waals surface area (Å²) in [6.45, 7) is 1.63. The lowest BCUT2D eigenvalue weighted by Crippen LogP contribution is -2.46. The fourth-order valence-corrected chi connectivity index (χ4v) is 3.41. The van der Waals surface area contributed by atoms with Gasteiger partial charge in [0.1, 0.15) is 10.7 Å². The maximum Gasteiger partial charge on any atom is 0.270 e. The van der Waals surface area contributed by atoms with Crippen molar-refractivity contribution in [1.82, 2.24) is 15.2 Å². The van der Waals surface area contributed by atoms with Crippen LogP contribution in [-0.2, 0) is 6.54 Å². The second-order valence-corrected chi connectivity index (χ2v) is 6.68. The van der Waals surface area contributed by atoms with E-state index in [1.54, 1.807) is 5.38 Å². The third-order valence-electron chi connectivity index (χ3n) is 4.10. The highest BCUT2D eigenvalue weighted by atomic mass is 32.1. The van der Waals surface area contributed by atoms with Crippen molar-refractivity contribution in [3.8, 4) is 0 Å². The molecule has 0 bridgehead atoms. The number of hydrogen-bond acceptors (Lipinski definition) is 5. The van der Waals surface area contributed by atoms with Gasteiger partial charge in [0, 0.05) is 36.6 Å². The highest BCUT2D eigenvalue weighted by molar-refractivity contribution is 7.09. The number of carbonyl (C=O) groups excluding carboxylic acids is 2. The zero-order chi connectivity index (χ0) is 16.9. The fourth-order valence-electron chi connectivity index (χ4n) is 2.76. The Morgan fingerprint density at radius 2 is 1.96 bits per heavy atom. The number of amides is 2. The molecule has 3 N–H and O–H groups in total. The molecule has 1 aromatic carbocycles. The summed E-state index contributed by atoms with van der Waals surface area (Å²) >= 11 is 1.39. The molecule has 2 aromatic rings. The normalized spacial score (nSPS) is 15.3. The minimum atomic E-state index is -0.168. The van der Waals surface area contributed by atoms with Gasteiger partial charge < -0.3 is 16.0 Å². The van der Waals surface area contributed by atoms with Crippen LogP contribution in [0.5, 0.6) is 0 Å². The lowest BCUT2D eigenvalue weighted by molar-refractivity contribution is 0.0697. The van der Waals surface area contributed by atoms with Crippen LogP contribution in [0, 0.1) is 0 Å². The second kappa shape index (κ2) is 7.55. The monoisotopic (exact) mass is 344 g/mol. The fraction of sp³-hybridized carbons (Fsp3) is 0.353. The van der Waals surface area contributed by atoms with Crippen molar-refractivity contribution >= 4 is 23.2 Å². The van der Waals surface area contributed by atoms with Crippen molar-refractivity contribution in [2.45, 2.75) is 25.4 Å². The first-order chi connectivity index (χ1) is 11.7. The quantitative estimate of drug-likeness (QED) is 0.882. The van der Waals surface area contributed by atoms with Gasteiger partial charge in [0.2, 0.25) is 0 Å². The summed E-state index contributed by atoms with van der Waals surface area (Å²) in [5.41, 5.74) is 6.64. The number of nitrogens with two attached hydrogens (primary N) is 1. The van der Waals surface area contributed by atoms with Crippen molar-refractivity contribution < 1.29 is 9.59 Å². The van der Waals surface area contributed by atoms with Crippen LogP contribution in [0.25, 0.3) is 0 Å². The number of piperidine rings is 1. The molecule has 0 saturated carbocycles. The zero-order valence-corrected chi connectivity index (χ0v) is 14.1. The number of aromatic nitrogens is 1. The SMILES string of the molecule is NCc1nc(C(=O)NC2CCN(C(=O)c3ccccc3)CC2)cs1. The topological polar surface area (TPSA) is 88.3 Å². The van der Waals surface area contributed by atoms with E-state index < -0.39 is 0 Å². The Hall–Kier alpha value is -2.25. The Kier molecular flexibility index (Phi) is 5.22. The summed E-state index contributed by atoms with van der Waals surface area (Å²) in [5.74, 6) is -0.119. The first-order valence-corrected chi connectivity index (χ1v) is 8.85. The molecule has 1 aliphatic rings. The van der Waals surface area contributed by atoms with Crippen LogP contribution in [0.4, 0.5) is 0 Å². The van der Waals surface area contributed by atoms with Gasteiger partial charge in [0.05, 0.1) is 0 Å². The van der Waals surface area contributed by atoms with Crippen molar-refractivity contribution in [2.75, 3.05) is 13.1 Å². The molecule has 1 saturated heterocycles. The molecule has 3 rings (SSSR count). The zero-order valence-electron chi connectivity index (χ0n) is 13.3. The van der Waals surface area contributed by atoms with Crippen LogP contribution in [0.1, 0.15) is 38.7 Å². The van der Waals surface area contributed by atoms with Gasteiger partial charge in [0.15, 0.2) is 0 Å². The van der Waals surface area contributed by atoms with Crippen LogP contribution in [0.3, 0.4) is 0 Å². The van der Waals surface area contributed by atoms with Gasteiger partial charge in [0.25, 0.3) is 11.8 Å². The molecular weight excluding hydrogens is 324 g/mol. The third kappa shape index (κ3) is 3.80. The molecule has 1 fully saturated rings. The van der Waals surface area contributed by atoms with Crippen molar-refractivity contribution in [2.24, 2.45) is 5.73 Å². The molecule has 0 atom stereocenters. The van der Waals surface area contributed by atoms with Crippen LogP contribution in [0.2, 0.25) is 0 Å². The Balaban J connectivity index is 1.52. The van der Waals surface area contributed by atoms with E-state index in [1.165, 1.54) is 11.3 Å². The number of rotatable bonds is 4. The molecular formula is C17H20N4O2S. The Labute approximate surface area is 144 Å². The van der Waals surface area contributed by atoms with E-state index in [2.05, 4.69) is 10.3 Å². The Morgan fingerprint density at radius 3 is 2.58 bits per heavy atom. The van der Waals surface area contributed by atoms with Gasteiger partial charge in [-0.3, -0.25) is 9.59 Å². The Morgan fingerprint density at radius 1 is 1.25 bits per heavy atom. The molecule has 0 spiro atoms. The number of benzene rings is 1. The van der Waals surface area contributed by atoms with E-state index in [-0.39, 0.29) is 17.9 Å². The Bertz CT molecular complexity index is 708. The number of likely N-dealkylation sites (tertiary alicyclic amines) is 1. The summed E-state index contributed by atoms with van der Waals surface area (Å²) in [6.07, 6.45) is 1.50. The largest absolute Gasteiger partial charge is 0.348 e. The smallest absolute Gasteiger partial charge is 0.270 e. The van der Waals surface area contributed by atoms with Crippen LogP contribution in [-0.4, -0.2) is 40.8 Å². The third-order valence-corrected chi connectivity index (χ3v) is 4.97. The van der Waals surface area contributed by atoms with Gasteiger partial charge in [-0.1, -0.05) is 18.2 Å². The predicted molar refractivity (Wildman–Crippen MR) is 92.8 cm³/mol. The minimum Gasteiger partial charge on any atom is -0.348 e. The average molecular weight is 344 g/mol. The standard InChI is InChI=1S/C17H20N4O2S/c18-10-15-20-14(11-24-15)16(22)19-13-6-8-21(9-7-13)17(23)12-4-2-1-3-5-12/h1-5,11,13H,6-10,18H2,(H,19,22). The van der Waals surface area contributed by atoms with Crippen molar-refractivity contribution in [3.05, 3.63) is 52.0 Å². The maximum absolute atomic E-state index is 12.4. The molecule has 2 amide bonds. The minimum absolute atomic E-state index is 0.0486. The van der Waals surface area contributed by atoms with Crippen LogP contribution >= 0.6 is 11.3 Å². The molecule has 6 nitrogen and oxygen atoms in total. The van der Waals surface area contributed by atoms with Crippen LogP contribution in [0.15, 0.2) is 35.7 Å². The summed E-state index contributed by atoms with van der Waals surface area (Å²) < 4.78 is 0. The molecule has 0 aliphatic carbocycles. The number of nitrogens with zero attached hydrogens (tertiary/aromatic N) is 2. The lowest BCUT2D eigenvalue weighted by atomic mass is 10.0. The molecule has 0 unspecified atom stereocenters. The van der Waals surface area contributed by atoms with E-state index in [0.29, 0.717) is 30.9 Å². The van der Waals surface area contributed by atoms with Crippen molar-refractivity contribution in [3.63, 3.8) is 0 Å². The van der Waals surface area contributed by atoms with Gasteiger partial charge in [-0.05, 0) is 25.0 Å². The van der Waals surface area contributed by atoms with Crippen molar-refractivity contribution in [1.29, 1.82) is 0 Å². The lowest BCUT2D eigenvalue weighted by Gasteiger charge is -2.32. The first kappa shape index (κ1) is 16.6. The first-order valence-electron chi connectivity index (χ1n) is 7.97. The molecule has 1 aliphatic heterocycles. The number of nitrogens with one attached hydrogen (secondary N) is 1. The van der Waals surface area contributed by atoms with E-state index >= 15 is 0 Å². The summed E-state index contributed by atoms with van der Waals surface area (Å²) in [5, 5.41) is 5.48. The summed E-state index contributed by atoms with van der Waals surface area (Å²) in [4.78, 5) is 30.6. The van der Waals surface area contributed by atoms with Gasteiger partial charge in [-0.15, -0.1) is 11.3 Å². The van der Waals surface area contributed by atoms with E-state index in [1.807, 2.05) is 35.2 Å². The average Bonchev–Trinajstić information content (AvgIpc) is 3.12. The number of thiazole rings is 1. The van der Waals surface area contributed by atoms with E-state index in [9.17, 15) is 9.59 Å². The molecule has 2 heterocycles. The van der Waals surface area contributed by atoms with Gasteiger partial charge in [-0.25, -0.2) is 4.98 Å². The predicted octanol–water partition coefficient (Wildman–Crippen LogP) is 1.64. The second-order valence-electron chi connectivity index (χ2n) is 5.74. The maximum atomic E-state index is 12.4. The number of hydrogen-bond donors (Lipinski definition) is 2. The number of carbonyl (C=O) groups is 2. The highest BCUT2D eigenvalue weighted by Gasteiger charge is 2.25. The molecule has 24 heavy (non-hydrogen) atoms. The molecule has 7 heteroatoms. The van der Waals surface area contributed by atoms with Gasteiger partial charge >= 0.3 is 0 Å². The highest BCUT2D eigenvalue weighted by Crippen LogP contribution is 2.15. The molecule has 126 valence electrons. The van der Waals surface area contributed by atoms with E-state index in [0.717, 1.165) is 17.8 Å². The summed E-state index contributed by atoms with van der Waals surface area (Å²) in [6, 6.07) is 9.35. The van der Waals surface area contributed by atoms with E-state index in [4.69, 9.17) is 5.73 Å². The van der Waals surface area contributed by atoms with Crippen LogP contribution < -0.4 is 11.1 Å². The molecule has 1 aromatic heterocycles.